The number of ether oxygens (including phenoxy) is 1. The summed E-state index contributed by atoms with van der Waals surface area (Å²) in [6, 6.07) is 5.71. The van der Waals surface area contributed by atoms with Crippen molar-refractivity contribution in [2.24, 2.45) is 5.92 Å². The second kappa shape index (κ2) is 7.23. The van der Waals surface area contributed by atoms with Crippen LogP contribution in [0, 0.1) is 5.92 Å². The molecule has 0 radical (unpaired) electrons. The van der Waals surface area contributed by atoms with E-state index < -0.39 is 0 Å². The third-order valence-electron chi connectivity index (χ3n) is 4.05. The maximum atomic E-state index is 11.5. The Morgan fingerprint density at radius 1 is 1.50 bits per heavy atom. The van der Waals surface area contributed by atoms with Crippen molar-refractivity contribution in [2.45, 2.75) is 32.7 Å². The van der Waals surface area contributed by atoms with E-state index in [1.807, 2.05) is 18.2 Å². The molecule has 1 unspecified atom stereocenters. The highest BCUT2D eigenvalue weighted by atomic mass is 79.9. The van der Waals surface area contributed by atoms with Crippen LogP contribution in [0.1, 0.15) is 42.1 Å². The Bertz CT molecular complexity index is 476. The predicted molar refractivity (Wildman–Crippen MR) is 83.8 cm³/mol. The van der Waals surface area contributed by atoms with Gasteiger partial charge in [0.05, 0.1) is 12.7 Å². The molecule has 1 aliphatic heterocycles. The van der Waals surface area contributed by atoms with Crippen LogP contribution < -0.4 is 0 Å². The van der Waals surface area contributed by atoms with Gasteiger partial charge in [0.1, 0.15) is 0 Å². The molecule has 0 saturated carbocycles. The third kappa shape index (κ3) is 3.83. The fourth-order valence-corrected chi connectivity index (χ4v) is 3.29. The first kappa shape index (κ1) is 15.5. The first-order valence-corrected chi connectivity index (χ1v) is 8.02. The second-order valence-corrected chi connectivity index (χ2v) is 6.30. The van der Waals surface area contributed by atoms with Crippen LogP contribution in [0.3, 0.4) is 0 Å². The molecule has 0 bridgehead atoms. The Labute approximate surface area is 129 Å². The maximum absolute atomic E-state index is 11.5. The van der Waals surface area contributed by atoms with Gasteiger partial charge in [-0.2, -0.15) is 0 Å². The van der Waals surface area contributed by atoms with E-state index in [1.165, 1.54) is 45.0 Å². The summed E-state index contributed by atoms with van der Waals surface area (Å²) in [7, 11) is 1.41. The Balaban J connectivity index is 2.04. The lowest BCUT2D eigenvalue weighted by Gasteiger charge is -2.32. The van der Waals surface area contributed by atoms with Crippen molar-refractivity contribution in [3.8, 4) is 0 Å². The molecule has 20 heavy (non-hydrogen) atoms. The molecule has 1 fully saturated rings. The van der Waals surface area contributed by atoms with Gasteiger partial charge >= 0.3 is 5.97 Å². The SMILES string of the molecule is CCC1CCCN(Cc2ccc(C(=O)OC)cc2Br)C1. The first-order valence-electron chi connectivity index (χ1n) is 7.23. The molecular formula is C16H22BrNO2. The molecular weight excluding hydrogens is 318 g/mol. The second-order valence-electron chi connectivity index (χ2n) is 5.45. The Morgan fingerprint density at radius 2 is 2.30 bits per heavy atom. The molecule has 1 aromatic carbocycles. The molecule has 1 heterocycles. The van der Waals surface area contributed by atoms with Gasteiger partial charge in [-0.1, -0.05) is 35.3 Å². The maximum Gasteiger partial charge on any atom is 0.337 e. The van der Waals surface area contributed by atoms with Crippen LogP contribution >= 0.6 is 15.9 Å². The number of hydrogen-bond acceptors (Lipinski definition) is 3. The fraction of sp³-hybridized carbons (Fsp3) is 0.562. The smallest absolute Gasteiger partial charge is 0.337 e. The summed E-state index contributed by atoms with van der Waals surface area (Å²) in [4.78, 5) is 14.0. The average molecular weight is 340 g/mol. The van der Waals surface area contributed by atoms with E-state index in [-0.39, 0.29) is 5.97 Å². The van der Waals surface area contributed by atoms with E-state index >= 15 is 0 Å². The molecule has 1 aliphatic rings. The molecule has 1 aromatic rings. The highest BCUT2D eigenvalue weighted by Crippen LogP contribution is 2.25. The minimum Gasteiger partial charge on any atom is -0.465 e. The molecule has 0 aromatic heterocycles. The van der Waals surface area contributed by atoms with Gasteiger partial charge in [-0.15, -0.1) is 0 Å². The van der Waals surface area contributed by atoms with E-state index in [0.717, 1.165) is 16.9 Å². The lowest BCUT2D eigenvalue weighted by Crippen LogP contribution is -2.34. The molecule has 0 N–H and O–H groups in total. The summed E-state index contributed by atoms with van der Waals surface area (Å²) >= 11 is 3.57. The molecule has 1 atom stereocenters. The van der Waals surface area contributed by atoms with Gasteiger partial charge in [0.25, 0.3) is 0 Å². The van der Waals surface area contributed by atoms with Crippen LogP contribution in [0.4, 0.5) is 0 Å². The number of esters is 1. The van der Waals surface area contributed by atoms with Crippen LogP contribution in [-0.2, 0) is 11.3 Å². The molecule has 4 heteroatoms. The summed E-state index contributed by atoms with van der Waals surface area (Å²) in [6.45, 7) is 5.57. The topological polar surface area (TPSA) is 29.5 Å². The van der Waals surface area contributed by atoms with E-state index in [9.17, 15) is 4.79 Å². The zero-order valence-electron chi connectivity index (χ0n) is 12.2. The Morgan fingerprint density at radius 3 is 2.95 bits per heavy atom. The minimum atomic E-state index is -0.290. The number of benzene rings is 1. The zero-order valence-corrected chi connectivity index (χ0v) is 13.8. The van der Waals surface area contributed by atoms with E-state index in [1.54, 1.807) is 0 Å². The number of nitrogens with zero attached hydrogens (tertiary/aromatic N) is 1. The average Bonchev–Trinajstić information content (AvgIpc) is 2.48. The normalized spacial score (nSPS) is 19.9. The number of likely N-dealkylation sites (tertiary alicyclic amines) is 1. The summed E-state index contributed by atoms with van der Waals surface area (Å²) in [5.74, 6) is 0.540. The van der Waals surface area contributed by atoms with E-state index in [0.29, 0.717) is 5.56 Å². The molecule has 110 valence electrons. The van der Waals surface area contributed by atoms with Gasteiger partial charge in [0.15, 0.2) is 0 Å². The van der Waals surface area contributed by atoms with E-state index in [4.69, 9.17) is 4.74 Å². The van der Waals surface area contributed by atoms with Crippen molar-refractivity contribution in [3.63, 3.8) is 0 Å². The lowest BCUT2D eigenvalue weighted by molar-refractivity contribution is 0.0600. The highest BCUT2D eigenvalue weighted by Gasteiger charge is 2.19. The third-order valence-corrected chi connectivity index (χ3v) is 4.79. The Kier molecular flexibility index (Phi) is 5.61. The van der Waals surface area contributed by atoms with Crippen molar-refractivity contribution in [2.75, 3.05) is 20.2 Å². The van der Waals surface area contributed by atoms with Crippen molar-refractivity contribution >= 4 is 21.9 Å². The molecule has 0 spiro atoms. The number of carbonyl (C=O) groups excluding carboxylic acids is 1. The number of hydrogen-bond donors (Lipinski definition) is 0. The van der Waals surface area contributed by atoms with Gasteiger partial charge < -0.3 is 4.74 Å². The minimum absolute atomic E-state index is 0.290. The molecule has 0 amide bonds. The summed E-state index contributed by atoms with van der Waals surface area (Å²) in [5, 5.41) is 0. The number of methoxy groups -OCH3 is 1. The summed E-state index contributed by atoms with van der Waals surface area (Å²) < 4.78 is 5.72. The van der Waals surface area contributed by atoms with Gasteiger partial charge in [-0.25, -0.2) is 4.79 Å². The van der Waals surface area contributed by atoms with Crippen LogP contribution in [0.25, 0.3) is 0 Å². The van der Waals surface area contributed by atoms with Gasteiger partial charge in [-0.3, -0.25) is 4.90 Å². The summed E-state index contributed by atoms with van der Waals surface area (Å²) in [5.41, 5.74) is 1.82. The largest absolute Gasteiger partial charge is 0.465 e. The molecule has 2 rings (SSSR count). The highest BCUT2D eigenvalue weighted by molar-refractivity contribution is 9.10. The summed E-state index contributed by atoms with van der Waals surface area (Å²) in [6.07, 6.45) is 3.91. The van der Waals surface area contributed by atoms with Crippen molar-refractivity contribution in [1.82, 2.24) is 4.90 Å². The van der Waals surface area contributed by atoms with Gasteiger partial charge in [-0.05, 0) is 43.0 Å². The predicted octanol–water partition coefficient (Wildman–Crippen LogP) is 3.86. The number of rotatable bonds is 4. The monoisotopic (exact) mass is 339 g/mol. The quantitative estimate of drug-likeness (QED) is 0.780. The van der Waals surface area contributed by atoms with E-state index in [2.05, 4.69) is 27.8 Å². The van der Waals surface area contributed by atoms with Crippen LogP contribution in [0.15, 0.2) is 22.7 Å². The van der Waals surface area contributed by atoms with Crippen molar-refractivity contribution in [1.29, 1.82) is 0 Å². The standard InChI is InChI=1S/C16H22BrNO2/c1-3-12-5-4-8-18(10-12)11-14-7-6-13(9-15(14)17)16(19)20-2/h6-7,9,12H,3-5,8,10-11H2,1-2H3. The van der Waals surface area contributed by atoms with Crippen LogP contribution in [-0.4, -0.2) is 31.1 Å². The molecule has 3 nitrogen and oxygen atoms in total. The number of halogens is 1. The van der Waals surface area contributed by atoms with Crippen molar-refractivity contribution < 1.29 is 9.53 Å². The van der Waals surface area contributed by atoms with Gasteiger partial charge in [0.2, 0.25) is 0 Å². The van der Waals surface area contributed by atoms with Crippen molar-refractivity contribution in [3.05, 3.63) is 33.8 Å². The zero-order chi connectivity index (χ0) is 14.5. The molecule has 1 saturated heterocycles. The number of piperidine rings is 1. The van der Waals surface area contributed by atoms with Gasteiger partial charge in [0, 0.05) is 17.6 Å². The fourth-order valence-electron chi connectivity index (χ4n) is 2.79. The lowest BCUT2D eigenvalue weighted by atomic mass is 9.95. The number of carbonyl (C=O) groups is 1. The van der Waals surface area contributed by atoms with Crippen LogP contribution in [0.2, 0.25) is 0 Å². The molecule has 0 aliphatic carbocycles. The Hall–Kier alpha value is -0.870. The van der Waals surface area contributed by atoms with Crippen LogP contribution in [0.5, 0.6) is 0 Å². The first-order chi connectivity index (χ1) is 9.63.